The Kier molecular flexibility index (Phi) is 3.13. The van der Waals surface area contributed by atoms with Crippen molar-refractivity contribution in [3.05, 3.63) is 11.5 Å². The first kappa shape index (κ1) is 10.7. The van der Waals surface area contributed by atoms with Crippen LogP contribution in [0.5, 0.6) is 0 Å². The summed E-state index contributed by atoms with van der Waals surface area (Å²) in [6.45, 7) is 5.90. The number of hydrogen-bond acceptors (Lipinski definition) is 4. The summed E-state index contributed by atoms with van der Waals surface area (Å²) in [7, 11) is -1.42. The molecule has 1 fully saturated rings. The van der Waals surface area contributed by atoms with Crippen LogP contribution >= 0.6 is 0 Å². The van der Waals surface area contributed by atoms with Crippen LogP contribution in [-0.2, 0) is 9.47 Å². The Morgan fingerprint density at radius 2 is 2.15 bits per heavy atom. The molecule has 1 aliphatic rings. The molecule has 0 spiro atoms. The maximum absolute atomic E-state index is 8.70. The zero-order valence-corrected chi connectivity index (χ0v) is 8.15. The average Bonchev–Trinajstić information content (AvgIpc) is 2.28. The molecule has 0 saturated carbocycles. The Morgan fingerprint density at radius 1 is 1.54 bits per heavy atom. The van der Waals surface area contributed by atoms with E-state index in [2.05, 4.69) is 0 Å². The zero-order valence-electron chi connectivity index (χ0n) is 8.15. The maximum atomic E-state index is 8.70. The zero-order chi connectivity index (χ0) is 10.1. The van der Waals surface area contributed by atoms with E-state index < -0.39 is 12.9 Å². The van der Waals surface area contributed by atoms with E-state index in [1.165, 1.54) is 5.98 Å². The van der Waals surface area contributed by atoms with Crippen LogP contribution in [0.25, 0.3) is 0 Å². The molecule has 1 aliphatic heterocycles. The number of hydrogen-bond donors (Lipinski definition) is 2. The molecule has 74 valence electrons. The van der Waals surface area contributed by atoms with Gasteiger partial charge in [-0.05, 0) is 26.3 Å². The van der Waals surface area contributed by atoms with Crippen molar-refractivity contribution < 1.29 is 19.5 Å². The molecule has 4 nitrogen and oxygen atoms in total. The van der Waals surface area contributed by atoms with Crippen LogP contribution in [0.15, 0.2) is 11.5 Å². The van der Waals surface area contributed by atoms with Crippen molar-refractivity contribution in [3.63, 3.8) is 0 Å². The lowest BCUT2D eigenvalue weighted by Gasteiger charge is -2.17. The molecule has 0 amide bonds. The van der Waals surface area contributed by atoms with Crippen molar-refractivity contribution in [2.24, 2.45) is 0 Å². The van der Waals surface area contributed by atoms with Gasteiger partial charge in [0.05, 0.1) is 6.61 Å². The van der Waals surface area contributed by atoms with E-state index in [0.29, 0.717) is 6.61 Å². The summed E-state index contributed by atoms with van der Waals surface area (Å²) in [4.78, 5) is 0. The number of ether oxygens (including phenoxy) is 2. The van der Waals surface area contributed by atoms with E-state index in [4.69, 9.17) is 19.5 Å². The van der Waals surface area contributed by atoms with E-state index in [0.717, 1.165) is 5.57 Å². The molecule has 13 heavy (non-hydrogen) atoms. The highest BCUT2D eigenvalue weighted by Crippen LogP contribution is 2.26. The maximum Gasteiger partial charge on any atom is 0.480 e. The van der Waals surface area contributed by atoms with E-state index in [1.54, 1.807) is 6.92 Å². The predicted octanol–water partition coefficient (Wildman–Crippen LogP) is 0.0962. The Bertz CT molecular complexity index is 212. The topological polar surface area (TPSA) is 58.9 Å². The largest absolute Gasteiger partial charge is 0.480 e. The summed E-state index contributed by atoms with van der Waals surface area (Å²) < 4.78 is 10.8. The second-order valence-electron chi connectivity index (χ2n) is 3.64. The monoisotopic (exact) mass is 186 g/mol. The first-order chi connectivity index (χ1) is 5.91. The molecule has 0 unspecified atom stereocenters. The molecule has 1 rings (SSSR count). The van der Waals surface area contributed by atoms with Gasteiger partial charge >= 0.3 is 7.12 Å². The van der Waals surface area contributed by atoms with Gasteiger partial charge in [-0.15, -0.1) is 0 Å². The molecule has 1 atom stereocenters. The van der Waals surface area contributed by atoms with Crippen molar-refractivity contribution in [2.45, 2.75) is 32.7 Å². The van der Waals surface area contributed by atoms with E-state index in [1.807, 2.05) is 13.8 Å². The fraction of sp³-hybridized carbons (Fsp3) is 0.750. The van der Waals surface area contributed by atoms with Crippen molar-refractivity contribution in [1.29, 1.82) is 0 Å². The standard InChI is InChI=1S/C8H15BO4/c1-6(4-9(10)11)7-5-12-8(2,3)13-7/h4,7,10-11H,5H2,1-3H3/b6-4+/t7-/m1/s1. The lowest BCUT2D eigenvalue weighted by atomic mass is 9.87. The van der Waals surface area contributed by atoms with E-state index >= 15 is 0 Å². The normalized spacial score (nSPS) is 27.8. The van der Waals surface area contributed by atoms with Gasteiger partial charge in [0.1, 0.15) is 6.10 Å². The Balaban J connectivity index is 2.56. The molecule has 2 N–H and O–H groups in total. The predicted molar refractivity (Wildman–Crippen MR) is 48.9 cm³/mol. The highest BCUT2D eigenvalue weighted by Gasteiger charge is 2.33. The van der Waals surface area contributed by atoms with E-state index in [9.17, 15) is 0 Å². The number of rotatable bonds is 2. The smallest absolute Gasteiger partial charge is 0.424 e. The molecule has 0 aliphatic carbocycles. The minimum atomic E-state index is -1.42. The SMILES string of the molecule is C/C(=C\B(O)O)[C@H]1COC(C)(C)O1. The first-order valence-corrected chi connectivity index (χ1v) is 4.27. The van der Waals surface area contributed by atoms with Crippen LogP contribution < -0.4 is 0 Å². The van der Waals surface area contributed by atoms with Crippen LogP contribution in [0.1, 0.15) is 20.8 Å². The molecule has 0 aromatic carbocycles. The van der Waals surface area contributed by atoms with Gasteiger partial charge in [-0.2, -0.15) is 0 Å². The molecule has 0 aromatic rings. The minimum absolute atomic E-state index is 0.170. The third-order valence-electron chi connectivity index (χ3n) is 1.93. The summed E-state index contributed by atoms with van der Waals surface area (Å²) in [5.74, 6) is 0.773. The van der Waals surface area contributed by atoms with Gasteiger partial charge in [0.25, 0.3) is 0 Å². The van der Waals surface area contributed by atoms with Gasteiger partial charge in [-0.25, -0.2) is 0 Å². The summed E-state index contributed by atoms with van der Waals surface area (Å²) in [5, 5.41) is 17.4. The van der Waals surface area contributed by atoms with Crippen LogP contribution in [0.2, 0.25) is 0 Å². The molecule has 0 aromatic heterocycles. The molecule has 1 saturated heterocycles. The quantitative estimate of drug-likeness (QED) is 0.600. The second kappa shape index (κ2) is 3.80. The lowest BCUT2D eigenvalue weighted by molar-refractivity contribution is -0.134. The van der Waals surface area contributed by atoms with Gasteiger partial charge in [0, 0.05) is 0 Å². The van der Waals surface area contributed by atoms with Crippen molar-refractivity contribution >= 4 is 7.12 Å². The van der Waals surface area contributed by atoms with Gasteiger partial charge in [0.15, 0.2) is 5.79 Å². The third-order valence-corrected chi connectivity index (χ3v) is 1.93. The third kappa shape index (κ3) is 3.12. The Morgan fingerprint density at radius 3 is 2.54 bits per heavy atom. The molecular formula is C8H15BO4. The lowest BCUT2D eigenvalue weighted by Crippen LogP contribution is -2.22. The fourth-order valence-electron chi connectivity index (χ4n) is 1.25. The van der Waals surface area contributed by atoms with Gasteiger partial charge in [0.2, 0.25) is 0 Å². The molecular weight excluding hydrogens is 171 g/mol. The van der Waals surface area contributed by atoms with Crippen LogP contribution in [0.3, 0.4) is 0 Å². The molecule has 0 bridgehead atoms. The highest BCUT2D eigenvalue weighted by atomic mass is 16.7. The van der Waals surface area contributed by atoms with Crippen LogP contribution in [0.4, 0.5) is 0 Å². The first-order valence-electron chi connectivity index (χ1n) is 4.27. The van der Waals surface area contributed by atoms with Crippen molar-refractivity contribution in [3.8, 4) is 0 Å². The molecule has 0 radical (unpaired) electrons. The van der Waals surface area contributed by atoms with Crippen molar-refractivity contribution in [2.75, 3.05) is 6.61 Å². The summed E-state index contributed by atoms with van der Waals surface area (Å²) >= 11 is 0. The van der Waals surface area contributed by atoms with Gasteiger partial charge in [-0.1, -0.05) is 5.98 Å². The average molecular weight is 186 g/mol. The second-order valence-corrected chi connectivity index (χ2v) is 3.64. The summed E-state index contributed by atoms with van der Waals surface area (Å²) in [6, 6.07) is 0. The Labute approximate surface area is 78.3 Å². The van der Waals surface area contributed by atoms with Gasteiger partial charge in [-0.3, -0.25) is 0 Å². The minimum Gasteiger partial charge on any atom is -0.424 e. The molecule has 5 heteroatoms. The van der Waals surface area contributed by atoms with Crippen LogP contribution in [-0.4, -0.2) is 35.7 Å². The Hall–Kier alpha value is -0.355. The van der Waals surface area contributed by atoms with Crippen molar-refractivity contribution in [1.82, 2.24) is 0 Å². The molecule has 1 heterocycles. The van der Waals surface area contributed by atoms with Crippen LogP contribution in [0, 0.1) is 0 Å². The highest BCUT2D eigenvalue weighted by molar-refractivity contribution is 6.47. The summed E-state index contributed by atoms with van der Waals surface area (Å²) in [5.41, 5.74) is 0.778. The van der Waals surface area contributed by atoms with Gasteiger partial charge < -0.3 is 19.5 Å². The summed E-state index contributed by atoms with van der Waals surface area (Å²) in [6.07, 6.45) is -0.170. The fourth-order valence-corrected chi connectivity index (χ4v) is 1.25. The van der Waals surface area contributed by atoms with E-state index in [-0.39, 0.29) is 6.10 Å².